The number of fused-ring (bicyclic) bond motifs is 1. The molecule has 27 heavy (non-hydrogen) atoms. The van der Waals surface area contributed by atoms with Gasteiger partial charge in [-0.25, -0.2) is 4.98 Å². The van der Waals surface area contributed by atoms with Gasteiger partial charge in [0, 0.05) is 10.4 Å². The van der Waals surface area contributed by atoms with Crippen LogP contribution in [0.5, 0.6) is 5.75 Å². The zero-order chi connectivity index (χ0) is 19.0. The molecule has 0 unspecified atom stereocenters. The van der Waals surface area contributed by atoms with E-state index in [4.69, 9.17) is 9.72 Å². The Kier molecular flexibility index (Phi) is 4.54. The lowest BCUT2D eigenvalue weighted by molar-refractivity contribution is 0.111. The van der Waals surface area contributed by atoms with Crippen LogP contribution in [0.1, 0.15) is 27.9 Å². The zero-order valence-corrected chi connectivity index (χ0v) is 16.3. The number of ether oxygens (including phenoxy) is 1. The number of aromatic nitrogens is 2. The molecule has 0 saturated heterocycles. The third-order valence-corrected chi connectivity index (χ3v) is 5.92. The predicted molar refractivity (Wildman–Crippen MR) is 110 cm³/mol. The summed E-state index contributed by atoms with van der Waals surface area (Å²) in [6, 6.07) is 16.1. The fraction of sp³-hybridized carbons (Fsp3) is 0.182. The molecule has 4 rings (SSSR count). The lowest BCUT2D eigenvalue weighted by Crippen LogP contribution is -1.96. The summed E-state index contributed by atoms with van der Waals surface area (Å²) in [7, 11) is 1.66. The third kappa shape index (κ3) is 2.84. The van der Waals surface area contributed by atoms with Gasteiger partial charge in [0.05, 0.1) is 12.8 Å². The summed E-state index contributed by atoms with van der Waals surface area (Å²) in [5.41, 5.74) is 5.39. The van der Waals surface area contributed by atoms with Gasteiger partial charge in [-0.2, -0.15) is 0 Å². The van der Waals surface area contributed by atoms with Gasteiger partial charge in [-0.3, -0.25) is 9.20 Å². The minimum absolute atomic E-state index is 0.587. The van der Waals surface area contributed by atoms with Crippen molar-refractivity contribution >= 4 is 22.6 Å². The van der Waals surface area contributed by atoms with Crippen LogP contribution >= 0.6 is 11.3 Å². The van der Waals surface area contributed by atoms with Crippen LogP contribution in [0.3, 0.4) is 0 Å². The molecule has 0 spiro atoms. The van der Waals surface area contributed by atoms with Crippen LogP contribution < -0.4 is 4.74 Å². The Morgan fingerprint density at radius 2 is 1.93 bits per heavy atom. The third-order valence-electron chi connectivity index (χ3n) is 4.73. The van der Waals surface area contributed by atoms with Crippen molar-refractivity contribution in [2.45, 2.75) is 20.3 Å². The van der Waals surface area contributed by atoms with Gasteiger partial charge < -0.3 is 4.74 Å². The zero-order valence-electron chi connectivity index (χ0n) is 15.5. The van der Waals surface area contributed by atoms with E-state index >= 15 is 0 Å². The topological polar surface area (TPSA) is 43.6 Å². The predicted octanol–water partition coefficient (Wildman–Crippen LogP) is 5.42. The molecule has 4 nitrogen and oxygen atoms in total. The summed E-state index contributed by atoms with van der Waals surface area (Å²) in [5, 5.41) is 0. The summed E-state index contributed by atoms with van der Waals surface area (Å²) >= 11 is 1.64. The number of hydrogen-bond acceptors (Lipinski definition) is 4. The number of carbonyl (C=O) groups is 1. The van der Waals surface area contributed by atoms with Crippen LogP contribution in [0.25, 0.3) is 27.5 Å². The molecule has 4 aromatic rings. The molecule has 2 aromatic heterocycles. The highest BCUT2D eigenvalue weighted by atomic mass is 32.1. The van der Waals surface area contributed by atoms with Crippen molar-refractivity contribution in [2.75, 3.05) is 7.11 Å². The molecular weight excluding hydrogens is 356 g/mol. The molecule has 2 aromatic carbocycles. The standard InChI is InChI=1S/C22H20N2O2S/c1-4-19-21(15-8-6-5-7-9-15)24-17(13-25)20(23-22(24)27-19)16-10-11-18(26-3)14(2)12-16/h5-13H,4H2,1-3H3. The van der Waals surface area contributed by atoms with Crippen LogP contribution in [0, 0.1) is 6.92 Å². The summed E-state index contributed by atoms with van der Waals surface area (Å²) < 4.78 is 7.35. The highest BCUT2D eigenvalue weighted by Crippen LogP contribution is 2.37. The molecule has 5 heteroatoms. The first kappa shape index (κ1) is 17.5. The number of thiazole rings is 1. The maximum absolute atomic E-state index is 12.1. The van der Waals surface area contributed by atoms with Gasteiger partial charge in [0.15, 0.2) is 11.2 Å². The van der Waals surface area contributed by atoms with Crippen molar-refractivity contribution in [3.8, 4) is 28.3 Å². The highest BCUT2D eigenvalue weighted by molar-refractivity contribution is 7.17. The van der Waals surface area contributed by atoms with Gasteiger partial charge >= 0.3 is 0 Å². The quantitative estimate of drug-likeness (QED) is 0.437. The Hall–Kier alpha value is -2.92. The molecule has 0 saturated carbocycles. The minimum atomic E-state index is 0.587. The van der Waals surface area contributed by atoms with Gasteiger partial charge in [-0.05, 0) is 42.7 Å². The molecule has 0 radical (unpaired) electrons. The van der Waals surface area contributed by atoms with E-state index in [-0.39, 0.29) is 0 Å². The van der Waals surface area contributed by atoms with Crippen molar-refractivity contribution in [1.29, 1.82) is 0 Å². The minimum Gasteiger partial charge on any atom is -0.496 e. The molecule has 0 bridgehead atoms. The van der Waals surface area contributed by atoms with Gasteiger partial charge in [0.25, 0.3) is 0 Å². The first-order valence-corrected chi connectivity index (χ1v) is 9.69. The molecule has 0 atom stereocenters. The number of carbonyl (C=O) groups excluding carboxylic acids is 1. The Labute approximate surface area is 162 Å². The SMILES string of the molecule is CCc1sc2nc(-c3ccc(OC)c(C)c3)c(C=O)n2c1-c1ccccc1. The summed E-state index contributed by atoms with van der Waals surface area (Å²) in [5.74, 6) is 0.825. The number of nitrogens with zero attached hydrogens (tertiary/aromatic N) is 2. The first-order valence-electron chi connectivity index (χ1n) is 8.87. The van der Waals surface area contributed by atoms with Gasteiger partial charge in [-0.15, -0.1) is 11.3 Å². The van der Waals surface area contributed by atoms with Crippen LogP contribution in [0.15, 0.2) is 48.5 Å². The Balaban J connectivity index is 1.99. The Morgan fingerprint density at radius 3 is 2.56 bits per heavy atom. The van der Waals surface area contributed by atoms with Crippen LogP contribution in [0.4, 0.5) is 0 Å². The van der Waals surface area contributed by atoms with E-state index in [2.05, 4.69) is 19.1 Å². The molecule has 0 amide bonds. The maximum Gasteiger partial charge on any atom is 0.195 e. The number of aldehydes is 1. The van der Waals surface area contributed by atoms with Crippen LogP contribution in [0.2, 0.25) is 0 Å². The average Bonchev–Trinajstić information content (AvgIpc) is 3.23. The number of aryl methyl sites for hydroxylation is 2. The fourth-order valence-corrected chi connectivity index (χ4v) is 4.54. The summed E-state index contributed by atoms with van der Waals surface area (Å²) in [6.07, 6.45) is 1.81. The van der Waals surface area contributed by atoms with E-state index in [1.807, 2.05) is 47.7 Å². The monoisotopic (exact) mass is 376 g/mol. The lowest BCUT2D eigenvalue weighted by Gasteiger charge is -2.08. The Bertz CT molecular complexity index is 1130. The smallest absolute Gasteiger partial charge is 0.195 e. The lowest BCUT2D eigenvalue weighted by atomic mass is 10.1. The average molecular weight is 376 g/mol. The molecular formula is C22H20N2O2S. The molecule has 0 aliphatic heterocycles. The van der Waals surface area contributed by atoms with E-state index in [1.54, 1.807) is 18.4 Å². The summed E-state index contributed by atoms with van der Waals surface area (Å²) in [6.45, 7) is 4.12. The van der Waals surface area contributed by atoms with Crippen molar-refractivity contribution in [3.63, 3.8) is 0 Å². The number of benzene rings is 2. The second-order valence-corrected chi connectivity index (χ2v) is 7.42. The van der Waals surface area contributed by atoms with Crippen molar-refractivity contribution in [3.05, 3.63) is 64.7 Å². The Morgan fingerprint density at radius 1 is 1.15 bits per heavy atom. The number of imidazole rings is 1. The van der Waals surface area contributed by atoms with E-state index in [0.29, 0.717) is 11.4 Å². The first-order chi connectivity index (χ1) is 13.2. The fourth-order valence-electron chi connectivity index (χ4n) is 3.45. The molecule has 0 fully saturated rings. The molecule has 136 valence electrons. The van der Waals surface area contributed by atoms with E-state index in [9.17, 15) is 4.79 Å². The van der Waals surface area contributed by atoms with E-state index in [0.717, 1.165) is 45.8 Å². The van der Waals surface area contributed by atoms with Gasteiger partial charge in [0.2, 0.25) is 0 Å². The molecule has 0 aliphatic carbocycles. The second-order valence-electron chi connectivity index (χ2n) is 6.36. The van der Waals surface area contributed by atoms with E-state index in [1.165, 1.54) is 4.88 Å². The van der Waals surface area contributed by atoms with Gasteiger partial charge in [0.1, 0.15) is 17.1 Å². The maximum atomic E-state index is 12.1. The van der Waals surface area contributed by atoms with Crippen LogP contribution in [-0.4, -0.2) is 22.8 Å². The van der Waals surface area contributed by atoms with Gasteiger partial charge in [-0.1, -0.05) is 37.3 Å². The van der Waals surface area contributed by atoms with Crippen LogP contribution in [-0.2, 0) is 6.42 Å². The van der Waals surface area contributed by atoms with Crippen molar-refractivity contribution in [2.24, 2.45) is 0 Å². The number of methoxy groups -OCH3 is 1. The normalized spacial score (nSPS) is 11.1. The molecule has 2 heterocycles. The molecule has 0 N–H and O–H groups in total. The second kappa shape index (κ2) is 7.00. The van der Waals surface area contributed by atoms with Crippen molar-refractivity contribution < 1.29 is 9.53 Å². The number of rotatable bonds is 5. The number of hydrogen-bond donors (Lipinski definition) is 0. The summed E-state index contributed by atoms with van der Waals surface area (Å²) in [4.78, 5) is 19.0. The van der Waals surface area contributed by atoms with E-state index < -0.39 is 0 Å². The largest absolute Gasteiger partial charge is 0.496 e. The van der Waals surface area contributed by atoms with Crippen molar-refractivity contribution in [1.82, 2.24) is 9.38 Å². The highest BCUT2D eigenvalue weighted by Gasteiger charge is 2.22. The molecule has 0 aliphatic rings.